The van der Waals surface area contributed by atoms with Crippen LogP contribution in [-0.4, -0.2) is 23.8 Å². The van der Waals surface area contributed by atoms with Gasteiger partial charge in [0.1, 0.15) is 0 Å². The number of hydrogen-bond acceptors (Lipinski definition) is 3. The minimum Gasteiger partial charge on any atom is -0.464 e. The van der Waals surface area contributed by atoms with Crippen molar-refractivity contribution in [2.45, 2.75) is 70.8 Å². The first-order valence-corrected chi connectivity index (χ1v) is 12.9. The lowest BCUT2D eigenvalue weighted by Crippen LogP contribution is -2.46. The Morgan fingerprint density at radius 2 is 1.58 bits per heavy atom. The molecule has 0 saturated heterocycles. The van der Waals surface area contributed by atoms with Gasteiger partial charge in [-0.25, -0.2) is 4.79 Å². The molecule has 0 heterocycles. The average molecular weight is 552 g/mol. The third kappa shape index (κ3) is 4.94. The molecule has 1 N–H and O–H groups in total. The normalized spacial score (nSPS) is 15.8. The first-order valence-electron chi connectivity index (χ1n) is 11.3. The number of aliphatic hydroxyl groups excluding tert-OH is 1. The maximum atomic E-state index is 12.9. The summed E-state index contributed by atoms with van der Waals surface area (Å²) in [5.41, 5.74) is 3.31. The van der Waals surface area contributed by atoms with Crippen molar-refractivity contribution in [1.29, 1.82) is 0 Å². The zero-order valence-electron chi connectivity index (χ0n) is 18.6. The molecule has 3 rings (SSSR count). The summed E-state index contributed by atoms with van der Waals surface area (Å²) in [5.74, 6) is -0.211. The van der Waals surface area contributed by atoms with Crippen LogP contribution in [0.25, 0.3) is 11.1 Å². The molecule has 1 aliphatic rings. The molecule has 5 heteroatoms. The molecule has 0 saturated carbocycles. The molecule has 0 radical (unpaired) electrons. The van der Waals surface area contributed by atoms with Crippen LogP contribution in [-0.2, 0) is 14.9 Å². The maximum absolute atomic E-state index is 12.9. The molecule has 0 aliphatic heterocycles. The zero-order valence-corrected chi connectivity index (χ0v) is 21.8. The van der Waals surface area contributed by atoms with Crippen molar-refractivity contribution in [2.24, 2.45) is 5.92 Å². The number of carbonyl (C=O) groups is 1. The fourth-order valence-electron chi connectivity index (χ4n) is 5.01. The third-order valence-electron chi connectivity index (χ3n) is 6.41. The summed E-state index contributed by atoms with van der Waals surface area (Å²) in [4.78, 5) is 12.9. The number of aliphatic hydroxyl groups is 1. The van der Waals surface area contributed by atoms with Gasteiger partial charge in [0, 0.05) is 8.95 Å². The van der Waals surface area contributed by atoms with Crippen LogP contribution in [0.2, 0.25) is 0 Å². The number of rotatable bonds is 10. The van der Waals surface area contributed by atoms with Crippen LogP contribution in [0.4, 0.5) is 0 Å². The number of hydrogen-bond donors (Lipinski definition) is 1. The largest absolute Gasteiger partial charge is 0.464 e. The highest BCUT2D eigenvalue weighted by Crippen LogP contribution is 2.55. The van der Waals surface area contributed by atoms with E-state index < -0.39 is 17.5 Å². The highest BCUT2D eigenvalue weighted by atomic mass is 79.9. The van der Waals surface area contributed by atoms with Gasteiger partial charge in [-0.2, -0.15) is 0 Å². The van der Waals surface area contributed by atoms with Crippen molar-refractivity contribution in [2.75, 3.05) is 6.61 Å². The molecular weight excluding hydrogens is 520 g/mol. The first kappa shape index (κ1) is 24.5. The van der Waals surface area contributed by atoms with Crippen LogP contribution >= 0.6 is 31.9 Å². The molecule has 0 aromatic heterocycles. The summed E-state index contributed by atoms with van der Waals surface area (Å²) in [6.45, 7) is 6.47. The lowest BCUT2D eigenvalue weighted by Gasteiger charge is -2.37. The summed E-state index contributed by atoms with van der Waals surface area (Å²) < 4.78 is 7.19. The van der Waals surface area contributed by atoms with Crippen molar-refractivity contribution in [3.63, 3.8) is 0 Å². The van der Waals surface area contributed by atoms with E-state index in [0.29, 0.717) is 12.3 Å². The highest BCUT2D eigenvalue weighted by molar-refractivity contribution is 9.10. The lowest BCUT2D eigenvalue weighted by atomic mass is 9.67. The third-order valence-corrected chi connectivity index (χ3v) is 7.40. The fourth-order valence-corrected chi connectivity index (χ4v) is 5.73. The molecule has 3 nitrogen and oxygen atoms in total. The molecule has 0 spiro atoms. The predicted octanol–water partition coefficient (Wildman–Crippen LogP) is 7.40. The Morgan fingerprint density at radius 3 is 2.10 bits per heavy atom. The van der Waals surface area contributed by atoms with Gasteiger partial charge in [-0.3, -0.25) is 0 Å². The maximum Gasteiger partial charge on any atom is 0.336 e. The van der Waals surface area contributed by atoms with E-state index in [-0.39, 0.29) is 6.61 Å². The molecule has 0 amide bonds. The second-order valence-electron chi connectivity index (χ2n) is 8.66. The van der Waals surface area contributed by atoms with Crippen molar-refractivity contribution in [3.05, 3.63) is 56.5 Å². The molecule has 0 bridgehead atoms. The standard InChI is InChI=1S/C26H32Br2O3/c1-4-6-7-8-9-17(3)16-26(24(29)25(30)31-5-2)22-14-18(27)10-12-20(22)21-13-11-19(28)15-23(21)26/h10-15,17,24,29H,4-9,16H2,1-3H3. The first-order chi connectivity index (χ1) is 14.8. The van der Waals surface area contributed by atoms with Crippen LogP contribution in [0.5, 0.6) is 0 Å². The monoisotopic (exact) mass is 550 g/mol. The number of benzene rings is 2. The Kier molecular flexibility index (Phi) is 8.39. The van der Waals surface area contributed by atoms with Gasteiger partial charge in [0.25, 0.3) is 0 Å². The van der Waals surface area contributed by atoms with E-state index in [1.54, 1.807) is 6.92 Å². The predicted molar refractivity (Wildman–Crippen MR) is 133 cm³/mol. The minimum atomic E-state index is -1.27. The molecule has 0 fully saturated rings. The van der Waals surface area contributed by atoms with Crippen molar-refractivity contribution < 1.29 is 14.6 Å². The van der Waals surface area contributed by atoms with Gasteiger partial charge < -0.3 is 9.84 Å². The Hall–Kier alpha value is -1.17. The van der Waals surface area contributed by atoms with E-state index >= 15 is 0 Å². The van der Waals surface area contributed by atoms with Crippen molar-refractivity contribution >= 4 is 37.8 Å². The second-order valence-corrected chi connectivity index (χ2v) is 10.5. The number of fused-ring (bicyclic) bond motifs is 3. The van der Waals surface area contributed by atoms with Crippen LogP contribution in [0.3, 0.4) is 0 Å². The number of halogens is 2. The van der Waals surface area contributed by atoms with Crippen LogP contribution in [0.1, 0.15) is 70.4 Å². The van der Waals surface area contributed by atoms with Gasteiger partial charge in [0.2, 0.25) is 0 Å². The SMILES string of the molecule is CCCCCCC(C)CC1(C(O)C(=O)OCC)c2cc(Br)ccc2-c2ccc(Br)cc21. The van der Waals surface area contributed by atoms with Gasteiger partial charge in [-0.05, 0) is 65.8 Å². The summed E-state index contributed by atoms with van der Waals surface area (Å²) in [6, 6.07) is 12.3. The van der Waals surface area contributed by atoms with Gasteiger partial charge in [0.15, 0.2) is 6.10 Å². The lowest BCUT2D eigenvalue weighted by molar-refractivity contribution is -0.156. The molecule has 168 valence electrons. The van der Waals surface area contributed by atoms with E-state index in [0.717, 1.165) is 44.0 Å². The smallest absolute Gasteiger partial charge is 0.336 e. The topological polar surface area (TPSA) is 46.5 Å². The number of ether oxygens (including phenoxy) is 1. The number of esters is 1. The molecule has 2 aromatic carbocycles. The average Bonchev–Trinajstić information content (AvgIpc) is 3.00. The van der Waals surface area contributed by atoms with E-state index in [2.05, 4.69) is 70.0 Å². The van der Waals surface area contributed by atoms with E-state index in [1.165, 1.54) is 19.3 Å². The minimum absolute atomic E-state index is 0.245. The van der Waals surface area contributed by atoms with Gasteiger partial charge in [-0.15, -0.1) is 0 Å². The van der Waals surface area contributed by atoms with Crippen LogP contribution in [0.15, 0.2) is 45.3 Å². The van der Waals surface area contributed by atoms with Crippen molar-refractivity contribution in [3.8, 4) is 11.1 Å². The number of carbonyl (C=O) groups excluding carboxylic acids is 1. The summed E-state index contributed by atoms with van der Waals surface area (Å²) in [7, 11) is 0. The molecule has 2 unspecified atom stereocenters. The van der Waals surface area contributed by atoms with E-state index in [1.807, 2.05) is 12.1 Å². The molecule has 31 heavy (non-hydrogen) atoms. The Balaban J connectivity index is 2.12. The summed E-state index contributed by atoms with van der Waals surface area (Å²) in [5, 5.41) is 11.5. The van der Waals surface area contributed by atoms with Crippen LogP contribution < -0.4 is 0 Å². The second kappa shape index (κ2) is 10.6. The molecule has 2 aromatic rings. The van der Waals surface area contributed by atoms with E-state index in [4.69, 9.17) is 4.74 Å². The highest BCUT2D eigenvalue weighted by Gasteiger charge is 2.52. The van der Waals surface area contributed by atoms with Crippen molar-refractivity contribution in [1.82, 2.24) is 0 Å². The molecular formula is C26H32Br2O3. The summed E-state index contributed by atoms with van der Waals surface area (Å²) >= 11 is 7.22. The Labute approximate surface area is 202 Å². The fraction of sp³-hybridized carbons (Fsp3) is 0.500. The molecule has 2 atom stereocenters. The summed E-state index contributed by atoms with van der Waals surface area (Å²) in [6.07, 6.45) is 5.33. The van der Waals surface area contributed by atoms with Gasteiger partial charge in [-0.1, -0.05) is 89.9 Å². The zero-order chi connectivity index (χ0) is 22.6. The Morgan fingerprint density at radius 1 is 1.00 bits per heavy atom. The van der Waals surface area contributed by atoms with Crippen LogP contribution in [0, 0.1) is 5.92 Å². The van der Waals surface area contributed by atoms with Gasteiger partial charge in [0.05, 0.1) is 12.0 Å². The number of unbranched alkanes of at least 4 members (excludes halogenated alkanes) is 3. The molecule has 1 aliphatic carbocycles. The Bertz CT molecular complexity index is 873. The van der Waals surface area contributed by atoms with Gasteiger partial charge >= 0.3 is 5.97 Å². The van der Waals surface area contributed by atoms with E-state index in [9.17, 15) is 9.90 Å². The quantitative estimate of drug-likeness (QED) is 0.247.